The zero-order valence-electron chi connectivity index (χ0n) is 11.9. The summed E-state index contributed by atoms with van der Waals surface area (Å²) in [6.45, 7) is 2.05. The van der Waals surface area contributed by atoms with Crippen LogP contribution in [0, 0.1) is 0 Å². The minimum atomic E-state index is -0.0711. The molecule has 2 N–H and O–H groups in total. The van der Waals surface area contributed by atoms with Crippen LogP contribution in [-0.2, 0) is 11.2 Å². The average molecular weight is 293 g/mol. The second kappa shape index (κ2) is 7.58. The van der Waals surface area contributed by atoms with Gasteiger partial charge in [-0.2, -0.15) is 4.98 Å². The summed E-state index contributed by atoms with van der Waals surface area (Å²) in [5.41, 5.74) is 0. The fourth-order valence-electron chi connectivity index (χ4n) is 1.90. The Morgan fingerprint density at radius 3 is 3.10 bits per heavy atom. The topological polar surface area (TPSA) is 101 Å². The normalized spacial score (nSPS) is 12.3. The van der Waals surface area contributed by atoms with Gasteiger partial charge in [-0.1, -0.05) is 5.16 Å². The molecule has 0 aliphatic rings. The number of carbonyl (C=O) groups excluding carboxylic acids is 1. The van der Waals surface area contributed by atoms with Crippen molar-refractivity contribution in [1.82, 2.24) is 15.5 Å². The highest BCUT2D eigenvalue weighted by atomic mass is 16.5. The zero-order valence-corrected chi connectivity index (χ0v) is 11.9. The van der Waals surface area contributed by atoms with Gasteiger partial charge in [0.2, 0.25) is 17.6 Å². The molecule has 0 radical (unpaired) electrons. The Balaban J connectivity index is 1.77. The summed E-state index contributed by atoms with van der Waals surface area (Å²) in [6, 6.07) is 3.53. The van der Waals surface area contributed by atoms with Crippen molar-refractivity contribution in [3.05, 3.63) is 24.3 Å². The van der Waals surface area contributed by atoms with E-state index in [1.54, 1.807) is 12.1 Å². The lowest BCUT2D eigenvalue weighted by Crippen LogP contribution is -2.32. The second-order valence-corrected chi connectivity index (χ2v) is 4.82. The van der Waals surface area contributed by atoms with Crippen LogP contribution in [0.2, 0.25) is 0 Å². The quantitative estimate of drug-likeness (QED) is 0.765. The highest BCUT2D eigenvalue weighted by Gasteiger charge is 2.13. The smallest absolute Gasteiger partial charge is 0.238 e. The Morgan fingerprint density at radius 1 is 1.52 bits per heavy atom. The highest BCUT2D eigenvalue weighted by Crippen LogP contribution is 2.16. The second-order valence-electron chi connectivity index (χ2n) is 4.82. The van der Waals surface area contributed by atoms with Gasteiger partial charge in [-0.25, -0.2) is 0 Å². The van der Waals surface area contributed by atoms with E-state index in [4.69, 9.17) is 14.0 Å². The number of nitrogens with zero attached hydrogens (tertiary/aromatic N) is 2. The van der Waals surface area contributed by atoms with Gasteiger partial charge in [0.25, 0.3) is 0 Å². The lowest BCUT2D eigenvalue weighted by atomic mass is 10.2. The van der Waals surface area contributed by atoms with Gasteiger partial charge in [-0.3, -0.25) is 4.79 Å². The van der Waals surface area contributed by atoms with Crippen LogP contribution in [0.25, 0.3) is 11.6 Å². The predicted octanol–water partition coefficient (Wildman–Crippen LogP) is 1.54. The lowest BCUT2D eigenvalue weighted by Gasteiger charge is -2.12. The summed E-state index contributed by atoms with van der Waals surface area (Å²) in [4.78, 5) is 15.9. The van der Waals surface area contributed by atoms with Crippen LogP contribution < -0.4 is 5.32 Å². The highest BCUT2D eigenvalue weighted by molar-refractivity contribution is 5.76. The first kappa shape index (κ1) is 15.2. The summed E-state index contributed by atoms with van der Waals surface area (Å²) >= 11 is 0. The SMILES string of the molecule is CC(CCCO)NC(=O)CCc1nc(-c2ccco2)no1. The molecule has 0 aromatic carbocycles. The summed E-state index contributed by atoms with van der Waals surface area (Å²) in [5, 5.41) is 15.4. The van der Waals surface area contributed by atoms with Crippen molar-refractivity contribution < 1.29 is 18.8 Å². The van der Waals surface area contributed by atoms with E-state index in [1.165, 1.54) is 6.26 Å². The van der Waals surface area contributed by atoms with Crippen molar-refractivity contribution in [3.8, 4) is 11.6 Å². The van der Waals surface area contributed by atoms with Gasteiger partial charge in [-0.05, 0) is 31.9 Å². The predicted molar refractivity (Wildman–Crippen MR) is 74.2 cm³/mol. The van der Waals surface area contributed by atoms with Gasteiger partial charge in [0, 0.05) is 25.5 Å². The molecule has 0 bridgehead atoms. The van der Waals surface area contributed by atoms with Gasteiger partial charge >= 0.3 is 0 Å². The Hall–Kier alpha value is -2.15. The van der Waals surface area contributed by atoms with Crippen molar-refractivity contribution >= 4 is 5.91 Å². The number of aryl methyl sites for hydroxylation is 1. The molecular formula is C14H19N3O4. The Kier molecular flexibility index (Phi) is 5.51. The van der Waals surface area contributed by atoms with Crippen molar-refractivity contribution in [3.63, 3.8) is 0 Å². The van der Waals surface area contributed by atoms with E-state index in [0.717, 1.165) is 6.42 Å². The molecule has 21 heavy (non-hydrogen) atoms. The number of hydrogen-bond donors (Lipinski definition) is 2. The maximum Gasteiger partial charge on any atom is 0.238 e. The van der Waals surface area contributed by atoms with Crippen LogP contribution in [-0.4, -0.2) is 33.8 Å². The number of nitrogens with one attached hydrogen (secondary N) is 1. The van der Waals surface area contributed by atoms with Crippen LogP contribution in [0.3, 0.4) is 0 Å². The maximum atomic E-state index is 11.7. The molecule has 7 nitrogen and oxygen atoms in total. The Morgan fingerprint density at radius 2 is 2.38 bits per heavy atom. The van der Waals surface area contributed by atoms with Crippen molar-refractivity contribution in [2.75, 3.05) is 6.61 Å². The molecule has 2 aromatic rings. The summed E-state index contributed by atoms with van der Waals surface area (Å²) in [5.74, 6) is 1.25. The van der Waals surface area contributed by atoms with E-state index >= 15 is 0 Å². The molecule has 2 aromatic heterocycles. The number of aliphatic hydroxyl groups is 1. The van der Waals surface area contributed by atoms with Crippen molar-refractivity contribution in [2.24, 2.45) is 0 Å². The van der Waals surface area contributed by atoms with Crippen molar-refractivity contribution in [1.29, 1.82) is 0 Å². The van der Waals surface area contributed by atoms with Crippen LogP contribution in [0.5, 0.6) is 0 Å². The molecule has 1 amide bonds. The molecule has 2 heterocycles. The summed E-state index contributed by atoms with van der Waals surface area (Å²) in [6.07, 6.45) is 3.63. The number of hydrogen-bond acceptors (Lipinski definition) is 6. The minimum Gasteiger partial charge on any atom is -0.461 e. The van der Waals surface area contributed by atoms with Gasteiger partial charge < -0.3 is 19.4 Å². The van der Waals surface area contributed by atoms with E-state index in [9.17, 15) is 4.79 Å². The third-order valence-corrected chi connectivity index (χ3v) is 2.98. The minimum absolute atomic E-state index is 0.0472. The average Bonchev–Trinajstić information content (AvgIpc) is 3.13. The van der Waals surface area contributed by atoms with E-state index in [-0.39, 0.29) is 25.0 Å². The molecule has 0 saturated heterocycles. The number of aliphatic hydroxyl groups excluding tert-OH is 1. The number of furan rings is 1. The van der Waals surface area contributed by atoms with Crippen LogP contribution in [0.15, 0.2) is 27.3 Å². The molecule has 1 unspecified atom stereocenters. The van der Waals surface area contributed by atoms with E-state index in [2.05, 4.69) is 15.5 Å². The van der Waals surface area contributed by atoms with Crippen LogP contribution in [0.1, 0.15) is 32.1 Å². The first-order valence-corrected chi connectivity index (χ1v) is 6.95. The van der Waals surface area contributed by atoms with Gasteiger partial charge in [-0.15, -0.1) is 0 Å². The maximum absolute atomic E-state index is 11.7. The van der Waals surface area contributed by atoms with Gasteiger partial charge in [0.15, 0.2) is 5.76 Å². The molecule has 0 aliphatic carbocycles. The molecule has 0 aliphatic heterocycles. The summed E-state index contributed by atoms with van der Waals surface area (Å²) < 4.78 is 10.2. The van der Waals surface area contributed by atoms with Crippen molar-refractivity contribution in [2.45, 2.75) is 38.6 Å². The first-order chi connectivity index (χ1) is 10.2. The lowest BCUT2D eigenvalue weighted by molar-refractivity contribution is -0.121. The largest absolute Gasteiger partial charge is 0.461 e. The number of carbonyl (C=O) groups is 1. The molecular weight excluding hydrogens is 274 g/mol. The molecule has 0 fully saturated rings. The molecule has 2 rings (SSSR count). The van der Waals surface area contributed by atoms with Gasteiger partial charge in [0.05, 0.1) is 6.26 Å². The Labute approximate surface area is 122 Å². The number of rotatable bonds is 8. The third-order valence-electron chi connectivity index (χ3n) is 2.98. The molecule has 114 valence electrons. The van der Waals surface area contributed by atoms with Crippen LogP contribution >= 0.6 is 0 Å². The fourth-order valence-corrected chi connectivity index (χ4v) is 1.90. The third kappa shape index (κ3) is 4.71. The first-order valence-electron chi connectivity index (χ1n) is 6.95. The van der Waals surface area contributed by atoms with E-state index in [0.29, 0.717) is 30.3 Å². The molecule has 1 atom stereocenters. The zero-order chi connectivity index (χ0) is 15.1. The van der Waals surface area contributed by atoms with Crippen LogP contribution in [0.4, 0.5) is 0 Å². The molecule has 7 heteroatoms. The summed E-state index contributed by atoms with van der Waals surface area (Å²) in [7, 11) is 0. The van der Waals surface area contributed by atoms with Gasteiger partial charge in [0.1, 0.15) is 0 Å². The molecule has 0 saturated carbocycles. The van der Waals surface area contributed by atoms with E-state index in [1.807, 2.05) is 6.92 Å². The standard InChI is InChI=1S/C14H19N3O4/c1-10(4-2-8-18)15-12(19)6-7-13-16-14(17-21-13)11-5-3-9-20-11/h3,5,9-10,18H,2,4,6-8H2,1H3,(H,15,19). The Bertz CT molecular complexity index is 550. The molecule has 0 spiro atoms. The number of aromatic nitrogens is 2. The number of amides is 1. The van der Waals surface area contributed by atoms with E-state index < -0.39 is 0 Å². The monoisotopic (exact) mass is 293 g/mol. The fraction of sp³-hybridized carbons (Fsp3) is 0.500.